The van der Waals surface area contributed by atoms with E-state index in [2.05, 4.69) is 21.2 Å². The fraction of sp³-hybridized carbons (Fsp3) is 0.500. The smallest absolute Gasteiger partial charge is 0.407 e. The molecule has 110 valence electrons. The molecule has 1 fully saturated rings. The van der Waals surface area contributed by atoms with Crippen molar-refractivity contribution >= 4 is 22.0 Å². The Morgan fingerprint density at radius 2 is 1.90 bits per heavy atom. The lowest BCUT2D eigenvalue weighted by atomic mass is 9.80. The number of rotatable bonds is 3. The number of benzene rings is 1. The summed E-state index contributed by atoms with van der Waals surface area (Å²) < 4.78 is 16.5. The zero-order valence-corrected chi connectivity index (χ0v) is 13.5. The van der Waals surface area contributed by atoms with E-state index in [4.69, 9.17) is 14.2 Å². The van der Waals surface area contributed by atoms with Crippen LogP contribution < -0.4 is 14.8 Å². The van der Waals surface area contributed by atoms with E-state index >= 15 is 0 Å². The summed E-state index contributed by atoms with van der Waals surface area (Å²) in [5.41, 5.74) is 0.708. The van der Waals surface area contributed by atoms with Gasteiger partial charge in [-0.3, -0.25) is 0 Å². The average Bonchev–Trinajstić information content (AvgIpc) is 2.41. The van der Waals surface area contributed by atoms with Gasteiger partial charge in [-0.25, -0.2) is 4.79 Å². The largest absolute Gasteiger partial charge is 0.493 e. The molecule has 1 atom stereocenters. The third-order valence-corrected chi connectivity index (χ3v) is 4.12. The Bertz CT molecular complexity index is 530. The summed E-state index contributed by atoms with van der Waals surface area (Å²) in [4.78, 5) is 11.5. The first kappa shape index (κ1) is 15.0. The van der Waals surface area contributed by atoms with E-state index in [0.717, 1.165) is 10.0 Å². The van der Waals surface area contributed by atoms with Crippen molar-refractivity contribution in [1.82, 2.24) is 5.32 Å². The Balaban J connectivity index is 2.47. The zero-order valence-electron chi connectivity index (χ0n) is 12.0. The Kier molecular flexibility index (Phi) is 4.13. The summed E-state index contributed by atoms with van der Waals surface area (Å²) in [6.07, 6.45) is -0.406. The molecule has 0 aliphatic carbocycles. The van der Waals surface area contributed by atoms with Gasteiger partial charge in [-0.2, -0.15) is 0 Å². The number of carbonyl (C=O) groups excluding carboxylic acids is 1. The molecule has 0 spiro atoms. The van der Waals surface area contributed by atoms with E-state index in [9.17, 15) is 4.79 Å². The highest BCUT2D eigenvalue weighted by atomic mass is 79.9. The maximum Gasteiger partial charge on any atom is 0.407 e. The second-order valence-electron chi connectivity index (χ2n) is 5.37. The minimum Gasteiger partial charge on any atom is -0.493 e. The number of alkyl carbamates (subject to hydrolysis) is 1. The second-order valence-corrected chi connectivity index (χ2v) is 6.23. The molecule has 1 aliphatic rings. The third kappa shape index (κ3) is 2.70. The normalized spacial score (nSPS) is 20.9. The maximum absolute atomic E-state index is 11.5. The summed E-state index contributed by atoms with van der Waals surface area (Å²) in [6.45, 7) is 4.45. The van der Waals surface area contributed by atoms with Crippen molar-refractivity contribution in [2.45, 2.75) is 19.9 Å². The summed E-state index contributed by atoms with van der Waals surface area (Å²) >= 11 is 3.53. The Hall–Kier alpha value is -1.43. The van der Waals surface area contributed by atoms with Gasteiger partial charge in [-0.1, -0.05) is 29.8 Å². The van der Waals surface area contributed by atoms with Gasteiger partial charge < -0.3 is 19.5 Å². The molecule has 1 aromatic rings. The van der Waals surface area contributed by atoms with Crippen molar-refractivity contribution < 1.29 is 19.0 Å². The van der Waals surface area contributed by atoms with Crippen LogP contribution in [0.1, 0.15) is 25.5 Å². The quantitative estimate of drug-likeness (QED) is 0.914. The van der Waals surface area contributed by atoms with Crippen LogP contribution in [0.25, 0.3) is 0 Å². The Labute approximate surface area is 126 Å². The van der Waals surface area contributed by atoms with E-state index < -0.39 is 6.09 Å². The number of hydrogen-bond donors (Lipinski definition) is 1. The van der Waals surface area contributed by atoms with Gasteiger partial charge in [0.25, 0.3) is 0 Å². The Morgan fingerprint density at radius 1 is 1.30 bits per heavy atom. The van der Waals surface area contributed by atoms with Gasteiger partial charge in [0, 0.05) is 9.89 Å². The van der Waals surface area contributed by atoms with Crippen LogP contribution in [0.5, 0.6) is 11.5 Å². The molecule has 0 bridgehead atoms. The highest BCUT2D eigenvalue weighted by molar-refractivity contribution is 9.10. The van der Waals surface area contributed by atoms with Gasteiger partial charge in [0.05, 0.1) is 20.3 Å². The van der Waals surface area contributed by atoms with Gasteiger partial charge in [-0.05, 0) is 17.7 Å². The van der Waals surface area contributed by atoms with E-state index in [1.165, 1.54) is 0 Å². The molecule has 20 heavy (non-hydrogen) atoms. The molecule has 0 unspecified atom stereocenters. The van der Waals surface area contributed by atoms with Gasteiger partial charge in [0.1, 0.15) is 6.61 Å². The first-order chi connectivity index (χ1) is 9.39. The molecule has 6 heteroatoms. The van der Waals surface area contributed by atoms with Crippen LogP contribution >= 0.6 is 15.9 Å². The monoisotopic (exact) mass is 343 g/mol. The number of hydrogen-bond acceptors (Lipinski definition) is 4. The van der Waals surface area contributed by atoms with Gasteiger partial charge in [-0.15, -0.1) is 0 Å². The van der Waals surface area contributed by atoms with Crippen LogP contribution in [0, 0.1) is 5.41 Å². The molecular formula is C14H18BrNO4. The number of halogens is 1. The van der Waals surface area contributed by atoms with Crippen LogP contribution in [0.15, 0.2) is 16.6 Å². The van der Waals surface area contributed by atoms with Crippen LogP contribution in [0.3, 0.4) is 0 Å². The average molecular weight is 344 g/mol. The topological polar surface area (TPSA) is 56.8 Å². The minimum absolute atomic E-state index is 0.169. The molecule has 0 radical (unpaired) electrons. The van der Waals surface area contributed by atoms with Gasteiger partial charge >= 0.3 is 6.09 Å². The molecule has 2 rings (SSSR count). The second kappa shape index (κ2) is 5.52. The number of amides is 1. The highest BCUT2D eigenvalue weighted by Crippen LogP contribution is 2.43. The summed E-state index contributed by atoms with van der Waals surface area (Å²) in [6, 6.07) is 3.55. The van der Waals surface area contributed by atoms with Crippen molar-refractivity contribution in [1.29, 1.82) is 0 Å². The highest BCUT2D eigenvalue weighted by Gasteiger charge is 2.39. The number of ether oxygens (including phenoxy) is 3. The zero-order chi connectivity index (χ0) is 14.9. The third-order valence-electron chi connectivity index (χ3n) is 3.43. The van der Waals surface area contributed by atoms with Crippen LogP contribution in [0.2, 0.25) is 0 Å². The summed E-state index contributed by atoms with van der Waals surface area (Å²) in [7, 11) is 3.17. The van der Waals surface area contributed by atoms with Gasteiger partial charge in [0.15, 0.2) is 11.5 Å². The molecule has 0 saturated carbocycles. The van der Waals surface area contributed by atoms with Crippen LogP contribution in [-0.2, 0) is 4.74 Å². The minimum atomic E-state index is -0.406. The van der Waals surface area contributed by atoms with E-state index in [1.54, 1.807) is 14.2 Å². The molecule has 5 nitrogen and oxygen atoms in total. The molecule has 1 saturated heterocycles. The molecule has 1 N–H and O–H groups in total. The lowest BCUT2D eigenvalue weighted by molar-refractivity contribution is 0.0385. The summed E-state index contributed by atoms with van der Waals surface area (Å²) in [5, 5.41) is 2.87. The van der Waals surface area contributed by atoms with E-state index in [0.29, 0.717) is 18.1 Å². The fourth-order valence-corrected chi connectivity index (χ4v) is 2.83. The lowest BCUT2D eigenvalue weighted by Gasteiger charge is -2.39. The number of carbonyl (C=O) groups is 1. The SMILES string of the molecule is COc1cc(Br)c([C@@H]2NC(=O)OCC2(C)C)cc1OC. The van der Waals surface area contributed by atoms with Crippen molar-refractivity contribution in [2.24, 2.45) is 5.41 Å². The molecular weight excluding hydrogens is 326 g/mol. The van der Waals surface area contributed by atoms with Crippen molar-refractivity contribution in [3.63, 3.8) is 0 Å². The predicted octanol–water partition coefficient (Wildman–Crippen LogP) is 3.27. The number of methoxy groups -OCH3 is 2. The standard InChI is InChI=1S/C14H18BrNO4/c1-14(2)7-20-13(17)16-12(14)8-5-10(18-3)11(19-4)6-9(8)15/h5-6,12H,7H2,1-4H3,(H,16,17)/t12-/m0/s1. The van der Waals surface area contributed by atoms with Crippen LogP contribution in [0.4, 0.5) is 4.79 Å². The molecule has 1 aromatic carbocycles. The molecule has 1 amide bonds. The van der Waals surface area contributed by atoms with E-state index in [-0.39, 0.29) is 11.5 Å². The van der Waals surface area contributed by atoms with E-state index in [1.807, 2.05) is 26.0 Å². The number of nitrogens with one attached hydrogen (secondary N) is 1. The van der Waals surface area contributed by atoms with Crippen molar-refractivity contribution in [3.8, 4) is 11.5 Å². The first-order valence-electron chi connectivity index (χ1n) is 6.23. The van der Waals surface area contributed by atoms with Crippen molar-refractivity contribution in [2.75, 3.05) is 20.8 Å². The Morgan fingerprint density at radius 3 is 2.50 bits per heavy atom. The molecule has 1 heterocycles. The fourth-order valence-electron chi connectivity index (χ4n) is 2.28. The van der Waals surface area contributed by atoms with Crippen LogP contribution in [-0.4, -0.2) is 26.9 Å². The summed E-state index contributed by atoms with van der Waals surface area (Å²) in [5.74, 6) is 1.27. The maximum atomic E-state index is 11.5. The van der Waals surface area contributed by atoms with Gasteiger partial charge in [0.2, 0.25) is 0 Å². The molecule has 0 aromatic heterocycles. The van der Waals surface area contributed by atoms with Crippen molar-refractivity contribution in [3.05, 3.63) is 22.2 Å². The first-order valence-corrected chi connectivity index (χ1v) is 7.03. The predicted molar refractivity (Wildman–Crippen MR) is 78.3 cm³/mol. The lowest BCUT2D eigenvalue weighted by Crippen LogP contribution is -2.47. The molecule has 1 aliphatic heterocycles. The number of cyclic esters (lactones) is 1.